The standard InChI is InChI=1S/C39H44N2O9S2/c1-5-40(6-2)29-18-20-31-35(25-29)50-34(27(3)38(31)28-13-8-7-9-14-28)15-10-16-36-39(4,22-11-17-37(42)43)32-26-30(52(47,48)49)19-21-33(32)41(36)23-12-24-51(44,45)46/h7-10,13-16,18-21,25-26H,5-6,11-12,17,22-24H2,1-4H3,(H2-,42,43,44,45,46,47,48,49)/p-1. The molecule has 1 atom stereocenters. The van der Waals surface area contributed by atoms with Crippen LogP contribution in [0.1, 0.15) is 63.3 Å². The molecule has 5 rings (SSSR count). The molecule has 1 N–H and O–H groups in total. The van der Waals surface area contributed by atoms with Crippen molar-refractivity contribution in [3.8, 4) is 22.5 Å². The zero-order valence-corrected chi connectivity index (χ0v) is 31.3. The van der Waals surface area contributed by atoms with Gasteiger partial charge in [0.1, 0.15) is 34.7 Å². The molecule has 0 spiro atoms. The van der Waals surface area contributed by atoms with Gasteiger partial charge in [0.15, 0.2) is 0 Å². The van der Waals surface area contributed by atoms with Crippen LogP contribution in [-0.2, 0) is 30.4 Å². The molecule has 13 heteroatoms. The molecule has 2 aromatic carbocycles. The van der Waals surface area contributed by atoms with Crippen LogP contribution in [0.2, 0.25) is 0 Å². The van der Waals surface area contributed by atoms with E-state index in [9.17, 15) is 35.8 Å². The second-order valence-electron chi connectivity index (χ2n) is 13.1. The molecule has 0 bridgehead atoms. The Balaban J connectivity index is 1.69. The zero-order valence-electron chi connectivity index (χ0n) is 29.7. The summed E-state index contributed by atoms with van der Waals surface area (Å²) in [6.45, 7) is 9.76. The molecule has 0 aromatic heterocycles. The van der Waals surface area contributed by atoms with E-state index in [1.165, 1.54) is 18.2 Å². The number of hydrogen-bond acceptors (Lipinski definition) is 9. The van der Waals surface area contributed by atoms with Crippen molar-refractivity contribution in [2.45, 2.75) is 63.7 Å². The van der Waals surface area contributed by atoms with E-state index in [1.54, 1.807) is 6.08 Å². The normalized spacial score (nSPS) is 17.0. The zero-order chi connectivity index (χ0) is 37.8. The van der Waals surface area contributed by atoms with Crippen LogP contribution in [0.4, 0.5) is 5.69 Å². The third-order valence-electron chi connectivity index (χ3n) is 9.73. The van der Waals surface area contributed by atoms with Gasteiger partial charge < -0.3 is 23.5 Å². The number of rotatable bonds is 14. The highest BCUT2D eigenvalue weighted by atomic mass is 32.2. The number of fused-ring (bicyclic) bond motifs is 2. The number of aliphatic carboxylic acids is 1. The second-order valence-corrected chi connectivity index (χ2v) is 16.0. The van der Waals surface area contributed by atoms with Crippen LogP contribution in [0, 0.1) is 6.92 Å². The minimum absolute atomic E-state index is 0.0203. The summed E-state index contributed by atoms with van der Waals surface area (Å²) in [7, 11) is -9.34. The number of carboxylic acids is 1. The smallest absolute Gasteiger partial charge is 0.303 e. The Labute approximate surface area is 305 Å². The van der Waals surface area contributed by atoms with Crippen LogP contribution in [0.25, 0.3) is 28.5 Å². The van der Waals surface area contributed by atoms with E-state index in [1.807, 2.05) is 67.3 Å². The predicted molar refractivity (Wildman–Crippen MR) is 199 cm³/mol. The Hall–Kier alpha value is -4.56. The van der Waals surface area contributed by atoms with Crippen LogP contribution >= 0.6 is 0 Å². The molecule has 0 radical (unpaired) electrons. The van der Waals surface area contributed by atoms with Crippen molar-refractivity contribution in [3.63, 3.8) is 0 Å². The SMILES string of the molecule is CC[N+](CC)=c1ccc2c(-c3ccccc3)c(C)c(C=CC=C3N(CCCS(=O)(=O)[O-])c4ccc(S(=O)(=O)[O-])cc4C3(C)CCCC(=O)O)oc-2c1. The third kappa shape index (κ3) is 8.39. The lowest BCUT2D eigenvalue weighted by Crippen LogP contribution is -2.30. The molecule has 0 saturated carbocycles. The van der Waals surface area contributed by atoms with Gasteiger partial charge in [-0.1, -0.05) is 36.4 Å². The summed E-state index contributed by atoms with van der Waals surface area (Å²) in [5.74, 6) is -0.323. The van der Waals surface area contributed by atoms with E-state index in [4.69, 9.17) is 4.42 Å². The minimum atomic E-state index is -4.83. The van der Waals surface area contributed by atoms with Gasteiger partial charge >= 0.3 is 5.97 Å². The number of benzene rings is 3. The van der Waals surface area contributed by atoms with Crippen molar-refractivity contribution in [1.82, 2.24) is 4.58 Å². The fourth-order valence-corrected chi connectivity index (χ4v) is 8.13. The molecule has 11 nitrogen and oxygen atoms in total. The van der Waals surface area contributed by atoms with E-state index < -0.39 is 42.3 Å². The largest absolute Gasteiger partial charge is 0.748 e. The topological polar surface area (TPSA) is 171 Å². The minimum Gasteiger partial charge on any atom is -0.748 e. The Morgan fingerprint density at radius 1 is 0.981 bits per heavy atom. The maximum atomic E-state index is 12.1. The summed E-state index contributed by atoms with van der Waals surface area (Å²) >= 11 is 0. The molecular formula is C39H43N2O9S2-. The van der Waals surface area contributed by atoms with E-state index in [0.29, 0.717) is 28.5 Å². The first-order valence-electron chi connectivity index (χ1n) is 17.2. The van der Waals surface area contributed by atoms with Crippen LogP contribution in [0.5, 0.6) is 0 Å². The maximum Gasteiger partial charge on any atom is 0.303 e. The molecule has 276 valence electrons. The lowest BCUT2D eigenvalue weighted by Gasteiger charge is -2.30. The molecule has 3 aliphatic rings. The first-order chi connectivity index (χ1) is 24.6. The average molecular weight is 748 g/mol. The maximum absolute atomic E-state index is 12.1. The van der Waals surface area contributed by atoms with Crippen molar-refractivity contribution < 1.29 is 40.3 Å². The Bertz CT molecular complexity index is 2290. The molecule has 1 aliphatic carbocycles. The molecular weight excluding hydrogens is 705 g/mol. The molecule has 0 fully saturated rings. The van der Waals surface area contributed by atoms with Crippen molar-refractivity contribution >= 4 is 38.0 Å². The van der Waals surface area contributed by atoms with Crippen LogP contribution in [-0.4, -0.2) is 62.4 Å². The van der Waals surface area contributed by atoms with Gasteiger partial charge in [0.05, 0.1) is 21.1 Å². The highest BCUT2D eigenvalue weighted by molar-refractivity contribution is 7.86. The Morgan fingerprint density at radius 3 is 2.33 bits per heavy atom. The number of nitrogens with zero attached hydrogens (tertiary/aromatic N) is 2. The van der Waals surface area contributed by atoms with Gasteiger partial charge in [-0.25, -0.2) is 21.4 Å². The van der Waals surface area contributed by atoms with Crippen molar-refractivity contribution in [1.29, 1.82) is 0 Å². The van der Waals surface area contributed by atoms with Crippen molar-refractivity contribution in [2.24, 2.45) is 0 Å². The number of allylic oxidation sites excluding steroid dienone is 3. The summed E-state index contributed by atoms with van der Waals surface area (Å²) in [5, 5.41) is 10.4. The van der Waals surface area contributed by atoms with E-state index in [2.05, 4.69) is 30.6 Å². The summed E-state index contributed by atoms with van der Waals surface area (Å²) in [6, 6.07) is 20.2. The second kappa shape index (κ2) is 15.6. The molecule has 2 aliphatic heterocycles. The van der Waals surface area contributed by atoms with Gasteiger partial charge in [-0.3, -0.25) is 4.79 Å². The quantitative estimate of drug-likeness (QED) is 0.120. The molecule has 1 unspecified atom stereocenters. The molecule has 0 amide bonds. The van der Waals surface area contributed by atoms with Crippen LogP contribution < -0.4 is 14.8 Å². The fraction of sp³-hybridized carbons (Fsp3) is 0.333. The first kappa shape index (κ1) is 38.7. The highest BCUT2D eigenvalue weighted by Gasteiger charge is 2.43. The summed E-state index contributed by atoms with van der Waals surface area (Å²) in [4.78, 5) is 12.9. The Kier molecular flexibility index (Phi) is 11.6. The highest BCUT2D eigenvalue weighted by Crippen LogP contribution is 2.51. The molecule has 2 aromatic rings. The molecule has 0 saturated heterocycles. The third-order valence-corrected chi connectivity index (χ3v) is 11.4. The monoisotopic (exact) mass is 747 g/mol. The van der Waals surface area contributed by atoms with Gasteiger partial charge in [0.2, 0.25) is 5.36 Å². The van der Waals surface area contributed by atoms with Crippen molar-refractivity contribution in [3.05, 3.63) is 107 Å². The van der Waals surface area contributed by atoms with Gasteiger partial charge in [0.25, 0.3) is 0 Å². The molecule has 2 heterocycles. The van der Waals surface area contributed by atoms with E-state index >= 15 is 0 Å². The summed E-state index contributed by atoms with van der Waals surface area (Å²) in [6.07, 6.45) is 5.77. The van der Waals surface area contributed by atoms with Crippen molar-refractivity contribution in [2.75, 3.05) is 30.3 Å². The molecule has 52 heavy (non-hydrogen) atoms. The Morgan fingerprint density at radius 2 is 1.69 bits per heavy atom. The van der Waals surface area contributed by atoms with Gasteiger partial charge in [-0.05, 0) is 100 Å². The van der Waals surface area contributed by atoms with Crippen LogP contribution in [0.15, 0.2) is 93.9 Å². The van der Waals surface area contributed by atoms with Gasteiger partial charge in [0, 0.05) is 52.7 Å². The first-order valence-corrected chi connectivity index (χ1v) is 20.2. The average Bonchev–Trinajstić information content (AvgIpc) is 3.31. The number of anilines is 1. The van der Waals surface area contributed by atoms with Gasteiger partial charge in [-0.15, -0.1) is 0 Å². The van der Waals surface area contributed by atoms with Gasteiger partial charge in [-0.2, -0.15) is 0 Å². The van der Waals surface area contributed by atoms with Crippen LogP contribution in [0.3, 0.4) is 0 Å². The lowest BCUT2D eigenvalue weighted by molar-refractivity contribution is -0.137. The summed E-state index contributed by atoms with van der Waals surface area (Å²) in [5.41, 5.74) is 4.55. The predicted octanol–water partition coefficient (Wildman–Crippen LogP) is 5.94. The van der Waals surface area contributed by atoms with E-state index in [0.717, 1.165) is 40.7 Å². The fourth-order valence-electron chi connectivity index (χ4n) is 7.15. The van der Waals surface area contributed by atoms with E-state index in [-0.39, 0.29) is 32.2 Å². The number of carbonyl (C=O) groups is 1. The lowest BCUT2D eigenvalue weighted by atomic mass is 9.77. The summed E-state index contributed by atoms with van der Waals surface area (Å²) < 4.78 is 79.6. The number of carboxylic acid groups (broad SMARTS) is 1. The number of hydrogen-bond donors (Lipinski definition) is 1.